The van der Waals surface area contributed by atoms with Gasteiger partial charge in [-0.25, -0.2) is 0 Å². The third-order valence-corrected chi connectivity index (χ3v) is 4.29. The zero-order chi connectivity index (χ0) is 16.7. The number of aliphatic hydroxyl groups is 1. The van der Waals surface area contributed by atoms with Crippen molar-refractivity contribution in [3.05, 3.63) is 47.5 Å². The van der Waals surface area contributed by atoms with Gasteiger partial charge >= 0.3 is 0 Å². The molecule has 0 fully saturated rings. The number of likely N-dealkylation sites (N-methyl/N-ethyl adjacent to an activating group) is 1. The molecule has 1 amide bonds. The quantitative estimate of drug-likeness (QED) is 0.786. The number of carbonyl (C=O) groups is 1. The number of aryl methyl sites for hydroxylation is 1. The van der Waals surface area contributed by atoms with Gasteiger partial charge in [0.1, 0.15) is 0 Å². The number of fused-ring (bicyclic) bond motifs is 1. The van der Waals surface area contributed by atoms with E-state index in [1.807, 2.05) is 36.0 Å². The van der Waals surface area contributed by atoms with Crippen LogP contribution in [-0.2, 0) is 11.2 Å². The Morgan fingerprint density at radius 3 is 2.87 bits per heavy atom. The van der Waals surface area contributed by atoms with Crippen LogP contribution >= 0.6 is 0 Å². The number of carbonyl (C=O) groups excluding carboxylic acids is 1. The van der Waals surface area contributed by atoms with Crippen LogP contribution in [0.5, 0.6) is 0 Å². The zero-order valence-electron chi connectivity index (χ0n) is 14.2. The third kappa shape index (κ3) is 4.91. The predicted octanol–water partition coefficient (Wildman–Crippen LogP) is 2.39. The number of aliphatic hydroxyl groups excluding tert-OH is 1. The SMILES string of the molecule is CN(C)C/C=C/C(=O)N(CCCO)C1CCCc2ccccc21. The van der Waals surface area contributed by atoms with Crippen LogP contribution in [0.3, 0.4) is 0 Å². The van der Waals surface area contributed by atoms with Gasteiger partial charge in [-0.1, -0.05) is 30.3 Å². The highest BCUT2D eigenvalue weighted by Gasteiger charge is 2.27. The molecule has 1 N–H and O–H groups in total. The van der Waals surface area contributed by atoms with Crippen molar-refractivity contribution in [3.8, 4) is 0 Å². The summed E-state index contributed by atoms with van der Waals surface area (Å²) in [6.45, 7) is 1.46. The molecular formula is C19H28N2O2. The second kappa shape index (κ2) is 8.85. The van der Waals surface area contributed by atoms with E-state index in [1.165, 1.54) is 11.1 Å². The normalized spacial score (nSPS) is 17.5. The van der Waals surface area contributed by atoms with Gasteiger partial charge in [0.15, 0.2) is 0 Å². The molecule has 1 unspecified atom stereocenters. The Morgan fingerprint density at radius 1 is 1.35 bits per heavy atom. The van der Waals surface area contributed by atoms with E-state index in [0.717, 1.165) is 25.8 Å². The zero-order valence-corrected chi connectivity index (χ0v) is 14.2. The lowest BCUT2D eigenvalue weighted by Gasteiger charge is -2.35. The topological polar surface area (TPSA) is 43.8 Å². The van der Waals surface area contributed by atoms with Crippen LogP contribution in [-0.4, -0.2) is 54.6 Å². The Balaban J connectivity index is 2.18. The second-order valence-corrected chi connectivity index (χ2v) is 6.38. The number of amides is 1. The third-order valence-electron chi connectivity index (χ3n) is 4.29. The van der Waals surface area contributed by atoms with E-state index >= 15 is 0 Å². The summed E-state index contributed by atoms with van der Waals surface area (Å²) in [4.78, 5) is 16.6. The lowest BCUT2D eigenvalue weighted by Crippen LogP contribution is -2.36. The molecule has 1 aromatic carbocycles. The summed E-state index contributed by atoms with van der Waals surface area (Å²) in [7, 11) is 3.96. The average Bonchev–Trinajstić information content (AvgIpc) is 2.55. The summed E-state index contributed by atoms with van der Waals surface area (Å²) in [5.41, 5.74) is 2.62. The van der Waals surface area contributed by atoms with E-state index in [1.54, 1.807) is 6.08 Å². The highest BCUT2D eigenvalue weighted by atomic mass is 16.3. The number of hydrogen-bond acceptors (Lipinski definition) is 3. The van der Waals surface area contributed by atoms with Crippen molar-refractivity contribution in [2.24, 2.45) is 0 Å². The van der Waals surface area contributed by atoms with Crippen LogP contribution in [0.1, 0.15) is 36.4 Å². The Morgan fingerprint density at radius 2 is 2.13 bits per heavy atom. The fourth-order valence-electron chi connectivity index (χ4n) is 3.17. The van der Waals surface area contributed by atoms with Gasteiger partial charge in [0.05, 0.1) is 6.04 Å². The fourth-order valence-corrected chi connectivity index (χ4v) is 3.17. The van der Waals surface area contributed by atoms with Crippen LogP contribution in [0.25, 0.3) is 0 Å². The number of nitrogens with zero attached hydrogens (tertiary/aromatic N) is 2. The molecule has 1 aromatic rings. The van der Waals surface area contributed by atoms with Gasteiger partial charge in [-0.2, -0.15) is 0 Å². The molecule has 0 aromatic heterocycles. The first-order valence-electron chi connectivity index (χ1n) is 8.44. The first kappa shape index (κ1) is 17.7. The standard InChI is InChI=1S/C19H28N2O2/c1-20(2)13-6-12-19(23)21(14-7-15-22)18-11-5-9-16-8-3-4-10-17(16)18/h3-4,6,8,10,12,18,22H,5,7,9,11,13-15H2,1-2H3/b12-6+. The summed E-state index contributed by atoms with van der Waals surface area (Å²) in [5.74, 6) is 0.0435. The van der Waals surface area contributed by atoms with Crippen molar-refractivity contribution in [2.75, 3.05) is 33.8 Å². The van der Waals surface area contributed by atoms with Crippen LogP contribution in [0.15, 0.2) is 36.4 Å². The van der Waals surface area contributed by atoms with Crippen LogP contribution < -0.4 is 0 Å². The van der Waals surface area contributed by atoms with Gasteiger partial charge in [0.2, 0.25) is 5.91 Å². The van der Waals surface area contributed by atoms with E-state index in [0.29, 0.717) is 13.0 Å². The fraction of sp³-hybridized carbons (Fsp3) is 0.526. The maximum Gasteiger partial charge on any atom is 0.246 e. The van der Waals surface area contributed by atoms with Crippen LogP contribution in [0.4, 0.5) is 0 Å². The van der Waals surface area contributed by atoms with Gasteiger partial charge < -0.3 is 14.9 Å². The van der Waals surface area contributed by atoms with Gasteiger partial charge in [0.25, 0.3) is 0 Å². The van der Waals surface area contributed by atoms with Gasteiger partial charge in [-0.15, -0.1) is 0 Å². The minimum atomic E-state index is 0.0435. The molecule has 1 atom stereocenters. The molecule has 1 aliphatic carbocycles. The lowest BCUT2D eigenvalue weighted by molar-refractivity contribution is -0.129. The first-order chi connectivity index (χ1) is 11.1. The molecule has 0 spiro atoms. The van der Waals surface area contributed by atoms with E-state index in [4.69, 9.17) is 0 Å². The van der Waals surface area contributed by atoms with E-state index in [2.05, 4.69) is 18.2 Å². The molecule has 23 heavy (non-hydrogen) atoms. The Kier molecular flexibility index (Phi) is 6.81. The molecule has 0 saturated carbocycles. The number of rotatable bonds is 7. The maximum absolute atomic E-state index is 12.7. The van der Waals surface area contributed by atoms with E-state index in [9.17, 15) is 9.90 Å². The average molecular weight is 316 g/mol. The van der Waals surface area contributed by atoms with Gasteiger partial charge in [0, 0.05) is 25.8 Å². The maximum atomic E-state index is 12.7. The van der Waals surface area contributed by atoms with E-state index in [-0.39, 0.29) is 18.6 Å². The largest absolute Gasteiger partial charge is 0.396 e. The molecule has 4 nitrogen and oxygen atoms in total. The highest BCUT2D eigenvalue weighted by Crippen LogP contribution is 2.34. The highest BCUT2D eigenvalue weighted by molar-refractivity contribution is 5.88. The molecule has 0 saturated heterocycles. The predicted molar refractivity (Wildman–Crippen MR) is 93.2 cm³/mol. The molecule has 2 rings (SSSR count). The van der Waals surface area contributed by atoms with Crippen molar-refractivity contribution < 1.29 is 9.90 Å². The lowest BCUT2D eigenvalue weighted by atomic mass is 9.86. The smallest absolute Gasteiger partial charge is 0.246 e. The molecule has 1 aliphatic rings. The molecule has 0 radical (unpaired) electrons. The van der Waals surface area contributed by atoms with Crippen molar-refractivity contribution >= 4 is 5.91 Å². The van der Waals surface area contributed by atoms with Crippen LogP contribution in [0, 0.1) is 0 Å². The summed E-state index contributed by atoms with van der Waals surface area (Å²) >= 11 is 0. The summed E-state index contributed by atoms with van der Waals surface area (Å²) < 4.78 is 0. The summed E-state index contributed by atoms with van der Waals surface area (Å²) in [6, 6.07) is 8.55. The molecule has 0 aliphatic heterocycles. The molecule has 0 bridgehead atoms. The molecule has 0 heterocycles. The molecule has 4 heteroatoms. The Bertz CT molecular complexity index is 540. The van der Waals surface area contributed by atoms with E-state index < -0.39 is 0 Å². The minimum absolute atomic E-state index is 0.0435. The minimum Gasteiger partial charge on any atom is -0.396 e. The van der Waals surface area contributed by atoms with Crippen molar-refractivity contribution in [2.45, 2.75) is 31.7 Å². The van der Waals surface area contributed by atoms with Crippen molar-refractivity contribution in [3.63, 3.8) is 0 Å². The monoisotopic (exact) mass is 316 g/mol. The first-order valence-corrected chi connectivity index (χ1v) is 8.44. The number of benzene rings is 1. The summed E-state index contributed by atoms with van der Waals surface area (Å²) in [6.07, 6.45) is 7.39. The Hall–Kier alpha value is -1.65. The Labute approximate surface area is 139 Å². The van der Waals surface area contributed by atoms with Crippen molar-refractivity contribution in [1.82, 2.24) is 9.80 Å². The van der Waals surface area contributed by atoms with Gasteiger partial charge in [-0.3, -0.25) is 4.79 Å². The van der Waals surface area contributed by atoms with Crippen molar-refractivity contribution in [1.29, 1.82) is 0 Å². The molecular weight excluding hydrogens is 288 g/mol. The number of hydrogen-bond donors (Lipinski definition) is 1. The van der Waals surface area contributed by atoms with Crippen LogP contribution in [0.2, 0.25) is 0 Å². The summed E-state index contributed by atoms with van der Waals surface area (Å²) in [5, 5.41) is 9.18. The second-order valence-electron chi connectivity index (χ2n) is 6.38. The molecule has 126 valence electrons. The van der Waals surface area contributed by atoms with Gasteiger partial charge in [-0.05, 0) is 50.9 Å².